The summed E-state index contributed by atoms with van der Waals surface area (Å²) in [7, 11) is 0. The summed E-state index contributed by atoms with van der Waals surface area (Å²) in [4.78, 5) is 14.9. The van der Waals surface area contributed by atoms with Crippen molar-refractivity contribution in [3.05, 3.63) is 23.1 Å². The number of anilines is 1. The van der Waals surface area contributed by atoms with Gasteiger partial charge in [-0.15, -0.1) is 0 Å². The van der Waals surface area contributed by atoms with E-state index in [-0.39, 0.29) is 18.5 Å². The standard InChI is InChI=1S/C10H12N8O2/c11-8-7-9(14-3-13-8)18(4-15-7)10-6(16-17-12)1-5(2-19)20-10/h3-6,10,19H,1-2H2,(H2,11,13,14)/t5-,6-,10+/m0/s1. The lowest BCUT2D eigenvalue weighted by atomic mass is 10.2. The fraction of sp³-hybridized carbons (Fsp3) is 0.500. The van der Waals surface area contributed by atoms with E-state index in [0.29, 0.717) is 17.6 Å². The fourth-order valence-electron chi connectivity index (χ4n) is 2.32. The zero-order valence-electron chi connectivity index (χ0n) is 10.4. The number of hydrogen-bond donors (Lipinski definition) is 2. The number of rotatable bonds is 3. The van der Waals surface area contributed by atoms with Crippen molar-refractivity contribution in [2.24, 2.45) is 5.11 Å². The van der Waals surface area contributed by atoms with Crippen molar-refractivity contribution in [2.45, 2.75) is 24.8 Å². The second kappa shape index (κ2) is 4.93. The molecule has 1 fully saturated rings. The molecule has 2 aromatic heterocycles. The Bertz CT molecular complexity index is 679. The predicted octanol–water partition coefficient (Wildman–Crippen LogP) is 0.367. The minimum absolute atomic E-state index is 0.141. The number of ether oxygens (including phenoxy) is 1. The van der Waals surface area contributed by atoms with Gasteiger partial charge in [0.05, 0.1) is 25.1 Å². The van der Waals surface area contributed by atoms with Gasteiger partial charge in [-0.05, 0) is 12.0 Å². The first-order valence-electron chi connectivity index (χ1n) is 5.98. The lowest BCUT2D eigenvalue weighted by molar-refractivity contribution is -0.0238. The van der Waals surface area contributed by atoms with Crippen LogP contribution in [0.25, 0.3) is 21.6 Å². The molecule has 0 aromatic carbocycles. The minimum atomic E-state index is -0.567. The maximum Gasteiger partial charge on any atom is 0.167 e. The highest BCUT2D eigenvalue weighted by Gasteiger charge is 2.36. The minimum Gasteiger partial charge on any atom is -0.394 e. The summed E-state index contributed by atoms with van der Waals surface area (Å²) in [5.41, 5.74) is 15.3. The summed E-state index contributed by atoms with van der Waals surface area (Å²) in [6, 6.07) is -0.439. The molecule has 3 heterocycles. The van der Waals surface area contributed by atoms with Crippen LogP contribution < -0.4 is 5.73 Å². The number of nitrogens with zero attached hydrogens (tertiary/aromatic N) is 7. The summed E-state index contributed by atoms with van der Waals surface area (Å²) in [6.07, 6.45) is 2.33. The highest BCUT2D eigenvalue weighted by atomic mass is 16.5. The van der Waals surface area contributed by atoms with Crippen LogP contribution in [0.2, 0.25) is 0 Å². The Morgan fingerprint density at radius 3 is 3.15 bits per heavy atom. The van der Waals surface area contributed by atoms with Gasteiger partial charge in [0.25, 0.3) is 0 Å². The Kier molecular flexibility index (Phi) is 3.11. The van der Waals surface area contributed by atoms with Gasteiger partial charge >= 0.3 is 0 Å². The molecule has 104 valence electrons. The Balaban J connectivity index is 2.05. The Labute approximate surface area is 112 Å². The summed E-state index contributed by atoms with van der Waals surface area (Å²) in [5, 5.41) is 12.9. The molecule has 0 aliphatic carbocycles. The monoisotopic (exact) mass is 276 g/mol. The van der Waals surface area contributed by atoms with Gasteiger partial charge in [-0.3, -0.25) is 4.57 Å². The third-order valence-corrected chi connectivity index (χ3v) is 3.23. The Hall–Kier alpha value is -2.42. The zero-order chi connectivity index (χ0) is 14.1. The largest absolute Gasteiger partial charge is 0.394 e. The average Bonchev–Trinajstić information content (AvgIpc) is 3.03. The molecule has 0 spiro atoms. The first-order chi connectivity index (χ1) is 9.74. The smallest absolute Gasteiger partial charge is 0.167 e. The molecule has 20 heavy (non-hydrogen) atoms. The summed E-state index contributed by atoms with van der Waals surface area (Å²) >= 11 is 0. The highest BCUT2D eigenvalue weighted by molar-refractivity contribution is 5.81. The maximum atomic E-state index is 9.19. The number of imidazole rings is 1. The van der Waals surface area contributed by atoms with Crippen molar-refractivity contribution in [2.75, 3.05) is 12.3 Å². The summed E-state index contributed by atoms with van der Waals surface area (Å²) < 4.78 is 7.32. The second-order valence-corrected chi connectivity index (χ2v) is 4.42. The number of nitrogen functional groups attached to an aromatic ring is 1. The number of aliphatic hydroxyl groups excluding tert-OH is 1. The van der Waals surface area contributed by atoms with Crippen LogP contribution in [0.1, 0.15) is 12.6 Å². The summed E-state index contributed by atoms with van der Waals surface area (Å²) in [6.45, 7) is -0.141. The number of nitrogens with two attached hydrogens (primary N) is 1. The SMILES string of the molecule is [N-]=[N+]=N[C@H]1C[C@@H](CO)O[C@H]1n1cnc2c(N)ncnc21. The van der Waals surface area contributed by atoms with Gasteiger partial charge in [-0.2, -0.15) is 0 Å². The molecule has 10 heteroatoms. The van der Waals surface area contributed by atoms with E-state index >= 15 is 0 Å². The number of aliphatic hydroxyl groups is 1. The molecule has 0 amide bonds. The van der Waals surface area contributed by atoms with Crippen molar-refractivity contribution in [1.29, 1.82) is 0 Å². The third kappa shape index (κ3) is 1.92. The van der Waals surface area contributed by atoms with Crippen LogP contribution >= 0.6 is 0 Å². The van der Waals surface area contributed by atoms with Gasteiger partial charge < -0.3 is 15.6 Å². The van der Waals surface area contributed by atoms with Gasteiger partial charge in [0.2, 0.25) is 0 Å². The molecule has 10 nitrogen and oxygen atoms in total. The molecule has 0 unspecified atom stereocenters. The maximum absolute atomic E-state index is 9.19. The molecule has 0 radical (unpaired) electrons. The van der Waals surface area contributed by atoms with Gasteiger partial charge in [0, 0.05) is 4.91 Å². The molecule has 1 aliphatic rings. The van der Waals surface area contributed by atoms with Crippen LogP contribution in [0.5, 0.6) is 0 Å². The molecule has 3 atom stereocenters. The van der Waals surface area contributed by atoms with E-state index in [1.54, 1.807) is 4.57 Å². The molecular weight excluding hydrogens is 264 g/mol. The van der Waals surface area contributed by atoms with Gasteiger partial charge in [-0.25, -0.2) is 15.0 Å². The fourth-order valence-corrected chi connectivity index (χ4v) is 2.32. The first-order valence-corrected chi connectivity index (χ1v) is 5.98. The zero-order valence-corrected chi connectivity index (χ0v) is 10.4. The second-order valence-electron chi connectivity index (χ2n) is 4.42. The van der Waals surface area contributed by atoms with E-state index in [2.05, 4.69) is 25.0 Å². The van der Waals surface area contributed by atoms with E-state index < -0.39 is 12.3 Å². The van der Waals surface area contributed by atoms with Crippen molar-refractivity contribution in [1.82, 2.24) is 19.5 Å². The third-order valence-electron chi connectivity index (χ3n) is 3.23. The number of azide groups is 1. The van der Waals surface area contributed by atoms with Crippen LogP contribution in [-0.4, -0.2) is 43.4 Å². The van der Waals surface area contributed by atoms with Crippen LogP contribution in [0.4, 0.5) is 5.82 Å². The number of aromatic nitrogens is 4. The number of hydrogen-bond acceptors (Lipinski definition) is 7. The lowest BCUT2D eigenvalue weighted by Crippen LogP contribution is -2.18. The van der Waals surface area contributed by atoms with Crippen molar-refractivity contribution in [3.8, 4) is 0 Å². The van der Waals surface area contributed by atoms with E-state index in [4.69, 9.17) is 16.0 Å². The topological polar surface area (TPSA) is 148 Å². The molecule has 1 aliphatic heterocycles. The molecule has 3 N–H and O–H groups in total. The lowest BCUT2D eigenvalue weighted by Gasteiger charge is -2.16. The van der Waals surface area contributed by atoms with E-state index in [1.807, 2.05) is 0 Å². The Morgan fingerprint density at radius 1 is 1.55 bits per heavy atom. The van der Waals surface area contributed by atoms with Crippen LogP contribution in [0.15, 0.2) is 17.8 Å². The molecule has 2 aromatic rings. The van der Waals surface area contributed by atoms with E-state index in [9.17, 15) is 5.11 Å². The normalized spacial score (nSPS) is 25.8. The molecule has 1 saturated heterocycles. The predicted molar refractivity (Wildman–Crippen MR) is 68.3 cm³/mol. The Morgan fingerprint density at radius 2 is 2.40 bits per heavy atom. The average molecular weight is 276 g/mol. The molecular formula is C10H12N8O2. The van der Waals surface area contributed by atoms with Crippen LogP contribution in [-0.2, 0) is 4.74 Å². The van der Waals surface area contributed by atoms with Crippen LogP contribution in [0.3, 0.4) is 0 Å². The number of fused-ring (bicyclic) bond motifs is 1. The first kappa shape index (κ1) is 12.6. The van der Waals surface area contributed by atoms with Crippen molar-refractivity contribution < 1.29 is 9.84 Å². The molecule has 0 bridgehead atoms. The van der Waals surface area contributed by atoms with Gasteiger partial charge in [0.15, 0.2) is 11.5 Å². The van der Waals surface area contributed by atoms with Gasteiger partial charge in [0.1, 0.15) is 18.1 Å². The van der Waals surface area contributed by atoms with Crippen molar-refractivity contribution >= 4 is 17.0 Å². The highest BCUT2D eigenvalue weighted by Crippen LogP contribution is 2.33. The van der Waals surface area contributed by atoms with Crippen LogP contribution in [0, 0.1) is 0 Å². The molecule has 3 rings (SSSR count). The quantitative estimate of drug-likeness (QED) is 0.470. The van der Waals surface area contributed by atoms with Gasteiger partial charge in [-0.1, -0.05) is 5.11 Å². The van der Waals surface area contributed by atoms with E-state index in [0.717, 1.165) is 0 Å². The van der Waals surface area contributed by atoms with E-state index in [1.165, 1.54) is 12.7 Å². The van der Waals surface area contributed by atoms with Crippen molar-refractivity contribution in [3.63, 3.8) is 0 Å². The summed E-state index contributed by atoms with van der Waals surface area (Å²) in [5.74, 6) is 0.269. The molecule has 0 saturated carbocycles.